The molecule has 0 atom stereocenters. The molecule has 1 heterocycles. The van der Waals surface area contributed by atoms with Crippen LogP contribution in [0.4, 0.5) is 4.79 Å². The summed E-state index contributed by atoms with van der Waals surface area (Å²) in [4.78, 5) is 25.9. The molecular formula is C30H25NO6. The molecule has 37 heavy (non-hydrogen) atoms. The molecule has 0 radical (unpaired) electrons. The third kappa shape index (κ3) is 4.84. The predicted octanol–water partition coefficient (Wildman–Crippen LogP) is 7.06. The van der Waals surface area contributed by atoms with Gasteiger partial charge in [-0.3, -0.25) is 0 Å². The van der Waals surface area contributed by atoms with Crippen LogP contribution in [-0.2, 0) is 6.42 Å². The minimum atomic E-state index is -1.40. The Hall–Kier alpha value is -4.78. The van der Waals surface area contributed by atoms with Crippen LogP contribution >= 0.6 is 0 Å². The SMILES string of the molecule is Cc1cc(C(=O)O)ccc1-c1cccc2c(CCCOc3cccc4ccccc34)c(OC(=O)O)[nH]c12. The van der Waals surface area contributed by atoms with E-state index in [0.29, 0.717) is 19.4 Å². The number of para-hydroxylation sites is 1. The van der Waals surface area contributed by atoms with Gasteiger partial charge in [0.1, 0.15) is 5.75 Å². The van der Waals surface area contributed by atoms with Crippen LogP contribution in [0.15, 0.2) is 78.9 Å². The van der Waals surface area contributed by atoms with E-state index < -0.39 is 12.1 Å². The van der Waals surface area contributed by atoms with Crippen molar-refractivity contribution in [3.8, 4) is 22.8 Å². The quantitative estimate of drug-likeness (QED) is 0.157. The number of hydrogen-bond acceptors (Lipinski definition) is 4. The van der Waals surface area contributed by atoms with Crippen molar-refractivity contribution in [2.45, 2.75) is 19.8 Å². The first kappa shape index (κ1) is 23.9. The fourth-order valence-electron chi connectivity index (χ4n) is 4.75. The number of aromatic carboxylic acids is 1. The van der Waals surface area contributed by atoms with E-state index in [0.717, 1.165) is 49.7 Å². The van der Waals surface area contributed by atoms with Crippen LogP contribution in [0.1, 0.15) is 27.9 Å². The number of hydrogen-bond donors (Lipinski definition) is 3. The molecule has 0 bridgehead atoms. The van der Waals surface area contributed by atoms with Gasteiger partial charge in [0.2, 0.25) is 5.88 Å². The fourth-order valence-corrected chi connectivity index (χ4v) is 4.75. The van der Waals surface area contributed by atoms with Gasteiger partial charge in [0.15, 0.2) is 0 Å². The molecule has 0 fully saturated rings. The molecule has 0 aliphatic carbocycles. The summed E-state index contributed by atoms with van der Waals surface area (Å²) in [7, 11) is 0. The van der Waals surface area contributed by atoms with E-state index in [1.54, 1.807) is 18.2 Å². The molecule has 0 aliphatic heterocycles. The molecule has 5 rings (SSSR count). The maximum Gasteiger partial charge on any atom is 0.512 e. The second kappa shape index (κ2) is 10.1. The Morgan fingerprint density at radius 1 is 0.865 bits per heavy atom. The van der Waals surface area contributed by atoms with Crippen molar-refractivity contribution in [2.24, 2.45) is 0 Å². The van der Waals surface area contributed by atoms with Crippen molar-refractivity contribution < 1.29 is 29.3 Å². The standard InChI is InChI=1S/C30H25NO6/c1-18-17-20(29(32)33)14-15-21(18)23-10-5-11-24-25(28(31-27(23)24)37-30(34)35)12-6-16-36-26-13-4-8-19-7-2-3-9-22(19)26/h2-5,7-11,13-15,17,31H,6,12,16H2,1H3,(H,32,33)(H,34,35). The van der Waals surface area contributed by atoms with Crippen LogP contribution < -0.4 is 9.47 Å². The number of H-pyrrole nitrogens is 1. The lowest BCUT2D eigenvalue weighted by Crippen LogP contribution is -2.06. The zero-order valence-corrected chi connectivity index (χ0v) is 20.2. The lowest BCUT2D eigenvalue weighted by atomic mass is 9.96. The highest BCUT2D eigenvalue weighted by Gasteiger charge is 2.19. The van der Waals surface area contributed by atoms with Gasteiger partial charge in [-0.25, -0.2) is 9.59 Å². The highest BCUT2D eigenvalue weighted by Crippen LogP contribution is 2.37. The monoisotopic (exact) mass is 495 g/mol. The molecule has 7 nitrogen and oxygen atoms in total. The van der Waals surface area contributed by atoms with E-state index in [1.807, 2.05) is 67.6 Å². The van der Waals surface area contributed by atoms with Crippen molar-refractivity contribution >= 4 is 33.8 Å². The number of aryl methyl sites for hydroxylation is 2. The molecule has 186 valence electrons. The van der Waals surface area contributed by atoms with Gasteiger partial charge in [-0.05, 0) is 54.5 Å². The highest BCUT2D eigenvalue weighted by atomic mass is 16.7. The fraction of sp³-hybridized carbons (Fsp3) is 0.133. The Labute approximate surface area is 212 Å². The van der Waals surface area contributed by atoms with Gasteiger partial charge in [0, 0.05) is 21.9 Å². The average Bonchev–Trinajstić information content (AvgIpc) is 3.23. The van der Waals surface area contributed by atoms with E-state index in [9.17, 15) is 19.8 Å². The van der Waals surface area contributed by atoms with E-state index in [1.165, 1.54) is 0 Å². The molecule has 0 saturated heterocycles. The van der Waals surface area contributed by atoms with Crippen molar-refractivity contribution in [1.82, 2.24) is 4.98 Å². The number of fused-ring (bicyclic) bond motifs is 2. The molecule has 0 spiro atoms. The van der Waals surface area contributed by atoms with E-state index in [4.69, 9.17) is 9.47 Å². The number of aromatic nitrogens is 1. The molecule has 0 aliphatic rings. The minimum absolute atomic E-state index is 0.180. The normalized spacial score (nSPS) is 11.1. The predicted molar refractivity (Wildman–Crippen MR) is 142 cm³/mol. The molecule has 0 amide bonds. The van der Waals surface area contributed by atoms with Gasteiger partial charge >= 0.3 is 12.1 Å². The Morgan fingerprint density at radius 2 is 1.62 bits per heavy atom. The van der Waals surface area contributed by atoms with Gasteiger partial charge in [0.05, 0.1) is 17.7 Å². The molecule has 3 N–H and O–H groups in total. The zero-order valence-electron chi connectivity index (χ0n) is 20.2. The van der Waals surface area contributed by atoms with Crippen molar-refractivity contribution in [3.05, 3.63) is 95.6 Å². The third-order valence-corrected chi connectivity index (χ3v) is 6.43. The minimum Gasteiger partial charge on any atom is -0.493 e. The van der Waals surface area contributed by atoms with Crippen molar-refractivity contribution in [3.63, 3.8) is 0 Å². The summed E-state index contributed by atoms with van der Waals surface area (Å²) in [5, 5.41) is 21.6. The zero-order chi connectivity index (χ0) is 25.9. The van der Waals surface area contributed by atoms with Gasteiger partial charge in [-0.1, -0.05) is 60.7 Å². The Balaban J connectivity index is 1.43. The molecule has 0 unspecified atom stereocenters. The summed E-state index contributed by atoms with van der Waals surface area (Å²) < 4.78 is 11.2. The van der Waals surface area contributed by atoms with Crippen LogP contribution in [0.2, 0.25) is 0 Å². The third-order valence-electron chi connectivity index (χ3n) is 6.43. The summed E-state index contributed by atoms with van der Waals surface area (Å²) >= 11 is 0. The van der Waals surface area contributed by atoms with Crippen molar-refractivity contribution in [1.29, 1.82) is 0 Å². The largest absolute Gasteiger partial charge is 0.512 e. The molecular weight excluding hydrogens is 470 g/mol. The summed E-state index contributed by atoms with van der Waals surface area (Å²) in [6.45, 7) is 2.30. The van der Waals surface area contributed by atoms with Crippen molar-refractivity contribution in [2.75, 3.05) is 6.61 Å². The number of nitrogens with one attached hydrogen (secondary N) is 1. The lowest BCUT2D eigenvalue weighted by Gasteiger charge is -2.10. The van der Waals surface area contributed by atoms with Gasteiger partial charge in [-0.2, -0.15) is 0 Å². The topological polar surface area (TPSA) is 109 Å². The van der Waals surface area contributed by atoms with E-state index in [-0.39, 0.29) is 11.4 Å². The van der Waals surface area contributed by atoms with E-state index in [2.05, 4.69) is 4.98 Å². The first-order valence-corrected chi connectivity index (χ1v) is 11.9. The summed E-state index contributed by atoms with van der Waals surface area (Å²) in [5.74, 6) is -0.000549. The summed E-state index contributed by atoms with van der Waals surface area (Å²) in [5.41, 5.74) is 4.18. The second-order valence-electron chi connectivity index (χ2n) is 8.79. The summed E-state index contributed by atoms with van der Waals surface area (Å²) in [6, 6.07) is 24.7. The molecule has 0 saturated carbocycles. The maximum atomic E-state index is 11.4. The number of benzene rings is 4. The molecule has 1 aromatic heterocycles. The van der Waals surface area contributed by atoms with Gasteiger partial charge in [-0.15, -0.1) is 0 Å². The number of carboxylic acid groups (broad SMARTS) is 2. The van der Waals surface area contributed by atoms with E-state index >= 15 is 0 Å². The second-order valence-corrected chi connectivity index (χ2v) is 8.79. The van der Waals surface area contributed by atoms with Crippen LogP contribution in [0.25, 0.3) is 32.8 Å². The van der Waals surface area contributed by atoms with Crippen LogP contribution in [0, 0.1) is 6.92 Å². The number of carboxylic acids is 1. The maximum absolute atomic E-state index is 11.4. The number of carbonyl (C=O) groups is 2. The molecule has 5 aromatic rings. The number of aromatic amines is 1. The molecule has 7 heteroatoms. The lowest BCUT2D eigenvalue weighted by molar-refractivity contribution is 0.0696. The highest BCUT2D eigenvalue weighted by molar-refractivity contribution is 5.99. The van der Waals surface area contributed by atoms with Crippen LogP contribution in [-0.4, -0.2) is 33.9 Å². The van der Waals surface area contributed by atoms with Gasteiger partial charge < -0.3 is 24.7 Å². The Bertz CT molecular complexity index is 1630. The van der Waals surface area contributed by atoms with Crippen LogP contribution in [0.3, 0.4) is 0 Å². The Kier molecular flexibility index (Phi) is 6.51. The first-order valence-electron chi connectivity index (χ1n) is 11.9. The first-order chi connectivity index (χ1) is 17.9. The smallest absolute Gasteiger partial charge is 0.493 e. The average molecular weight is 496 g/mol. The number of rotatable bonds is 8. The van der Waals surface area contributed by atoms with Gasteiger partial charge in [0.25, 0.3) is 0 Å². The number of ether oxygens (including phenoxy) is 2. The summed E-state index contributed by atoms with van der Waals surface area (Å²) in [6.07, 6.45) is -0.223. The Morgan fingerprint density at radius 3 is 2.41 bits per heavy atom. The molecule has 4 aromatic carbocycles. The van der Waals surface area contributed by atoms with Crippen LogP contribution in [0.5, 0.6) is 11.6 Å².